The maximum Gasteiger partial charge on any atom is 0.407 e. The molecule has 48 heavy (non-hydrogen) atoms. The van der Waals surface area contributed by atoms with E-state index in [2.05, 4.69) is 15.3 Å². The Morgan fingerprint density at radius 2 is 1.92 bits per heavy atom. The number of imidazole rings is 1. The molecule has 0 aliphatic carbocycles. The summed E-state index contributed by atoms with van der Waals surface area (Å²) in [5, 5.41) is 14.7. The van der Waals surface area contributed by atoms with Gasteiger partial charge >= 0.3 is 6.09 Å². The molecular formula is C35H37FN6O5S. The third-order valence-electron chi connectivity index (χ3n) is 9.58. The number of amides is 3. The van der Waals surface area contributed by atoms with Gasteiger partial charge in [0, 0.05) is 60.4 Å². The molecule has 3 unspecified atom stereocenters. The van der Waals surface area contributed by atoms with Crippen LogP contribution in [0.2, 0.25) is 0 Å². The number of thiazole rings is 1. The fraction of sp³-hybridized carbons (Fsp3) is 0.400. The Balaban J connectivity index is 1.11. The van der Waals surface area contributed by atoms with Crippen LogP contribution in [0.1, 0.15) is 73.4 Å². The average Bonchev–Trinajstić information content (AvgIpc) is 3.85. The molecule has 0 radical (unpaired) electrons. The van der Waals surface area contributed by atoms with Gasteiger partial charge in [0.1, 0.15) is 17.7 Å². The number of hydrogen-bond acceptors (Lipinski definition) is 7. The largest absolute Gasteiger partial charge is 0.490 e. The molecule has 3 aliphatic rings. The van der Waals surface area contributed by atoms with Crippen molar-refractivity contribution in [3.8, 4) is 16.9 Å². The molecule has 11 nitrogen and oxygen atoms in total. The molecular weight excluding hydrogens is 635 g/mol. The van der Waals surface area contributed by atoms with Crippen molar-refractivity contribution in [3.63, 3.8) is 0 Å². The minimum atomic E-state index is -1.05. The summed E-state index contributed by atoms with van der Waals surface area (Å²) in [5.41, 5.74) is 2.86. The van der Waals surface area contributed by atoms with Crippen LogP contribution in [0.3, 0.4) is 0 Å². The van der Waals surface area contributed by atoms with Gasteiger partial charge in [0.05, 0.1) is 18.6 Å². The molecule has 5 heterocycles. The highest BCUT2D eigenvalue weighted by atomic mass is 32.1. The molecule has 2 aromatic carbocycles. The highest BCUT2D eigenvalue weighted by Crippen LogP contribution is 2.39. The number of benzene rings is 2. The van der Waals surface area contributed by atoms with Crippen molar-refractivity contribution in [1.29, 1.82) is 0 Å². The number of likely N-dealkylation sites (tertiary alicyclic amines) is 1. The second-order valence-electron chi connectivity index (χ2n) is 13.7. The Morgan fingerprint density at radius 3 is 2.62 bits per heavy atom. The lowest BCUT2D eigenvalue weighted by atomic mass is 9.80. The van der Waals surface area contributed by atoms with E-state index in [-0.39, 0.29) is 35.2 Å². The predicted octanol–water partition coefficient (Wildman–Crippen LogP) is 6.36. The highest BCUT2D eigenvalue weighted by Gasteiger charge is 2.42. The summed E-state index contributed by atoms with van der Waals surface area (Å²) in [6.07, 6.45) is 5.04. The van der Waals surface area contributed by atoms with Crippen LogP contribution in [0, 0.1) is 11.2 Å². The number of rotatable bonds is 7. The molecule has 3 aliphatic heterocycles. The zero-order valence-corrected chi connectivity index (χ0v) is 27.8. The predicted molar refractivity (Wildman–Crippen MR) is 177 cm³/mol. The lowest BCUT2D eigenvalue weighted by Crippen LogP contribution is -2.53. The van der Waals surface area contributed by atoms with Crippen molar-refractivity contribution < 1.29 is 28.6 Å². The molecule has 3 atom stereocenters. The first-order valence-corrected chi connectivity index (χ1v) is 17.0. The van der Waals surface area contributed by atoms with Crippen LogP contribution in [0.25, 0.3) is 11.1 Å². The van der Waals surface area contributed by atoms with Gasteiger partial charge in [-0.1, -0.05) is 32.9 Å². The van der Waals surface area contributed by atoms with Crippen LogP contribution in [-0.4, -0.2) is 66.0 Å². The van der Waals surface area contributed by atoms with Gasteiger partial charge in [0.2, 0.25) is 0 Å². The van der Waals surface area contributed by atoms with E-state index in [1.54, 1.807) is 24.0 Å². The average molecular weight is 673 g/mol. The van der Waals surface area contributed by atoms with E-state index in [9.17, 15) is 19.5 Å². The zero-order chi connectivity index (χ0) is 33.7. The normalized spacial score (nSPS) is 19.6. The van der Waals surface area contributed by atoms with Crippen LogP contribution in [0.4, 0.5) is 14.3 Å². The van der Waals surface area contributed by atoms with Crippen molar-refractivity contribution in [1.82, 2.24) is 24.3 Å². The van der Waals surface area contributed by atoms with E-state index in [1.165, 1.54) is 27.2 Å². The lowest BCUT2D eigenvalue weighted by molar-refractivity contribution is -0.121. The van der Waals surface area contributed by atoms with Crippen molar-refractivity contribution in [3.05, 3.63) is 82.6 Å². The van der Waals surface area contributed by atoms with E-state index in [4.69, 9.17) is 4.74 Å². The molecule has 0 saturated carbocycles. The van der Waals surface area contributed by atoms with Gasteiger partial charge in [0.15, 0.2) is 11.2 Å². The summed E-state index contributed by atoms with van der Waals surface area (Å²) < 4.78 is 24.0. The van der Waals surface area contributed by atoms with Gasteiger partial charge < -0.3 is 24.2 Å². The minimum Gasteiger partial charge on any atom is -0.490 e. The number of hydrogen-bond donors (Lipinski definition) is 2. The Hall–Kier alpha value is -4.78. The highest BCUT2D eigenvalue weighted by molar-refractivity contribution is 7.13. The molecule has 13 heteroatoms. The number of aromatic nitrogens is 3. The van der Waals surface area contributed by atoms with Gasteiger partial charge in [-0.15, -0.1) is 11.3 Å². The smallest absolute Gasteiger partial charge is 0.407 e. The van der Waals surface area contributed by atoms with Crippen LogP contribution >= 0.6 is 11.3 Å². The summed E-state index contributed by atoms with van der Waals surface area (Å²) in [6.45, 7) is 7.23. The van der Waals surface area contributed by atoms with E-state index in [0.717, 1.165) is 25.1 Å². The maximum atomic E-state index is 15.7. The van der Waals surface area contributed by atoms with Gasteiger partial charge in [0.25, 0.3) is 11.8 Å². The van der Waals surface area contributed by atoms with E-state index >= 15 is 4.39 Å². The summed E-state index contributed by atoms with van der Waals surface area (Å²) in [4.78, 5) is 51.1. The van der Waals surface area contributed by atoms with Crippen molar-refractivity contribution in [2.45, 2.75) is 77.7 Å². The van der Waals surface area contributed by atoms with E-state index in [0.29, 0.717) is 47.1 Å². The summed E-state index contributed by atoms with van der Waals surface area (Å²) in [7, 11) is 0. The molecule has 0 bridgehead atoms. The van der Waals surface area contributed by atoms with E-state index < -0.39 is 29.8 Å². The summed E-state index contributed by atoms with van der Waals surface area (Å²) >= 11 is 1.27. The molecule has 250 valence electrons. The van der Waals surface area contributed by atoms with Gasteiger partial charge in [-0.25, -0.2) is 19.2 Å². The van der Waals surface area contributed by atoms with E-state index in [1.807, 2.05) is 49.6 Å². The number of carbonyl (C=O) groups is 3. The standard InChI is InChI=1S/C35H37FN6O5S/c1-35(2,3)28-17-23(10-13-41(28)34(45)46)47-22-8-6-20(7-9-22)21-15-24-25(26(36)16-21)18-42(32(24)44)30(31(43)39-33-37-11-14-48-33)29-27-5-4-12-40(27)19-38-29/h6-9,11,14-16,19,23,28,30H,4-5,10,12-13,17-18H2,1-3H3,(H,45,46)(H,37,39,43). The number of ether oxygens (including phenoxy) is 1. The van der Waals surface area contributed by atoms with Crippen LogP contribution in [0.5, 0.6) is 5.75 Å². The molecule has 1 saturated heterocycles. The van der Waals surface area contributed by atoms with Crippen molar-refractivity contribution in [2.75, 3.05) is 11.9 Å². The van der Waals surface area contributed by atoms with Crippen molar-refractivity contribution >= 4 is 34.4 Å². The Kier molecular flexibility index (Phi) is 8.18. The first kappa shape index (κ1) is 31.8. The van der Waals surface area contributed by atoms with Gasteiger partial charge in [-0.3, -0.25) is 14.9 Å². The number of nitrogens with one attached hydrogen (secondary N) is 1. The molecule has 2 N–H and O–H groups in total. The van der Waals surface area contributed by atoms with Crippen LogP contribution < -0.4 is 10.1 Å². The Labute approximate surface area is 281 Å². The second kappa shape index (κ2) is 12.3. The van der Waals surface area contributed by atoms with Gasteiger partial charge in [-0.2, -0.15) is 0 Å². The van der Waals surface area contributed by atoms with Crippen molar-refractivity contribution in [2.24, 2.45) is 5.41 Å². The third-order valence-corrected chi connectivity index (χ3v) is 10.3. The van der Waals surface area contributed by atoms with Crippen LogP contribution in [0.15, 0.2) is 54.3 Å². The summed E-state index contributed by atoms with van der Waals surface area (Å²) in [5.74, 6) is -0.777. The van der Waals surface area contributed by atoms with Gasteiger partial charge in [-0.05, 0) is 53.6 Å². The number of carboxylic acid groups (broad SMARTS) is 1. The number of nitrogens with zero attached hydrogens (tertiary/aromatic N) is 5. The lowest BCUT2D eigenvalue weighted by Gasteiger charge is -2.44. The molecule has 2 aromatic heterocycles. The fourth-order valence-electron chi connectivity index (χ4n) is 7.17. The number of halogens is 1. The fourth-order valence-corrected chi connectivity index (χ4v) is 7.71. The molecule has 7 rings (SSSR count). The Morgan fingerprint density at radius 1 is 1.12 bits per heavy atom. The molecule has 0 spiro atoms. The molecule has 3 amide bonds. The minimum absolute atomic E-state index is 0.0639. The second-order valence-corrected chi connectivity index (χ2v) is 14.6. The van der Waals surface area contributed by atoms with Crippen LogP contribution in [-0.2, 0) is 24.3 Å². The topological polar surface area (TPSA) is 130 Å². The zero-order valence-electron chi connectivity index (χ0n) is 27.0. The number of aryl methyl sites for hydroxylation is 1. The third kappa shape index (κ3) is 5.91. The SMILES string of the molecule is CC(C)(C)C1CC(Oc2ccc(-c3cc(F)c4c(c3)C(=O)N(C(C(=O)Nc3nccs3)c3ncn5c3CCC5)C4)cc2)CCN1C(=O)O. The first-order chi connectivity index (χ1) is 23.0. The summed E-state index contributed by atoms with van der Waals surface area (Å²) in [6, 6.07) is 9.12. The monoisotopic (exact) mass is 672 g/mol. The quantitative estimate of drug-likeness (QED) is 0.234. The number of carbonyl (C=O) groups excluding carboxylic acids is 2. The number of piperidine rings is 1. The molecule has 4 aromatic rings. The first-order valence-electron chi connectivity index (χ1n) is 16.1. The number of anilines is 1. The number of fused-ring (bicyclic) bond motifs is 2. The maximum absolute atomic E-state index is 15.7. The Bertz CT molecular complexity index is 1870. The molecule has 1 fully saturated rings.